The molecule has 0 aromatic heterocycles. The van der Waals surface area contributed by atoms with Gasteiger partial charge in [0, 0.05) is 16.7 Å². The standard InChI is InChI=1S/C11H12ClN3O3/c12-8-3-1-2-7(6-8)11(13)15-14-9(16)4-5-10(17)18/h1-6,10,17-18H,(H2,13,15)(H,14,16)/b5-4-. The van der Waals surface area contributed by atoms with Gasteiger partial charge in [-0.3, -0.25) is 4.79 Å². The number of benzene rings is 1. The number of nitrogens with one attached hydrogen (secondary N) is 1. The topological polar surface area (TPSA) is 108 Å². The van der Waals surface area contributed by atoms with Crippen LogP contribution in [0.25, 0.3) is 0 Å². The molecule has 1 aromatic rings. The first-order chi connectivity index (χ1) is 8.49. The Morgan fingerprint density at radius 2 is 2.22 bits per heavy atom. The molecule has 0 unspecified atom stereocenters. The molecule has 0 bridgehead atoms. The number of carbonyl (C=O) groups is 1. The van der Waals surface area contributed by atoms with Crippen molar-refractivity contribution in [1.29, 1.82) is 0 Å². The zero-order chi connectivity index (χ0) is 13.5. The summed E-state index contributed by atoms with van der Waals surface area (Å²) < 4.78 is 0. The fraction of sp³-hybridized carbons (Fsp3) is 0.0909. The monoisotopic (exact) mass is 269 g/mol. The molecule has 0 aliphatic carbocycles. The van der Waals surface area contributed by atoms with Crippen LogP contribution in [-0.4, -0.2) is 28.2 Å². The number of aliphatic hydroxyl groups is 2. The Balaban J connectivity index is 2.65. The van der Waals surface area contributed by atoms with Crippen LogP contribution in [0.4, 0.5) is 0 Å². The van der Waals surface area contributed by atoms with Crippen molar-refractivity contribution in [2.24, 2.45) is 10.8 Å². The number of amides is 1. The summed E-state index contributed by atoms with van der Waals surface area (Å²) in [5, 5.41) is 21.1. The second kappa shape index (κ2) is 6.75. The van der Waals surface area contributed by atoms with Crippen molar-refractivity contribution < 1.29 is 15.0 Å². The van der Waals surface area contributed by atoms with Crippen LogP contribution in [0.15, 0.2) is 41.5 Å². The number of hydrogen-bond acceptors (Lipinski definition) is 4. The second-order valence-corrected chi connectivity index (χ2v) is 3.69. The molecule has 7 heteroatoms. The molecule has 1 aromatic carbocycles. The first-order valence-corrected chi connectivity index (χ1v) is 5.30. The van der Waals surface area contributed by atoms with Crippen molar-refractivity contribution in [2.75, 3.05) is 0 Å². The Morgan fingerprint density at radius 3 is 2.83 bits per heavy atom. The normalized spacial score (nSPS) is 12.1. The van der Waals surface area contributed by atoms with Gasteiger partial charge < -0.3 is 15.9 Å². The molecule has 0 saturated carbocycles. The Labute approximate surface area is 108 Å². The minimum absolute atomic E-state index is 0.0868. The lowest BCUT2D eigenvalue weighted by Gasteiger charge is -2.01. The molecule has 0 atom stereocenters. The van der Waals surface area contributed by atoms with E-state index in [9.17, 15) is 4.79 Å². The highest BCUT2D eigenvalue weighted by atomic mass is 35.5. The van der Waals surface area contributed by atoms with Gasteiger partial charge in [0.1, 0.15) is 0 Å². The average Bonchev–Trinajstić information content (AvgIpc) is 2.33. The number of hydrazone groups is 1. The van der Waals surface area contributed by atoms with E-state index in [-0.39, 0.29) is 5.84 Å². The van der Waals surface area contributed by atoms with Gasteiger partial charge in [0.25, 0.3) is 5.91 Å². The molecule has 0 heterocycles. The maximum absolute atomic E-state index is 11.1. The third kappa shape index (κ3) is 4.96. The smallest absolute Gasteiger partial charge is 0.264 e. The molecule has 0 fully saturated rings. The number of rotatable bonds is 4. The maximum Gasteiger partial charge on any atom is 0.264 e. The molecular weight excluding hydrogens is 258 g/mol. The number of hydrogen-bond donors (Lipinski definition) is 4. The summed E-state index contributed by atoms with van der Waals surface area (Å²) in [5.41, 5.74) is 8.31. The Kier molecular flexibility index (Phi) is 5.31. The van der Waals surface area contributed by atoms with Crippen molar-refractivity contribution >= 4 is 23.3 Å². The van der Waals surface area contributed by atoms with Gasteiger partial charge in [-0.05, 0) is 18.2 Å². The highest BCUT2D eigenvalue weighted by molar-refractivity contribution is 6.31. The number of nitrogens with zero attached hydrogens (tertiary/aromatic N) is 1. The third-order valence-electron chi connectivity index (χ3n) is 1.83. The van der Waals surface area contributed by atoms with Gasteiger partial charge in [-0.25, -0.2) is 5.43 Å². The zero-order valence-corrected chi connectivity index (χ0v) is 10.0. The van der Waals surface area contributed by atoms with Gasteiger partial charge in [-0.15, -0.1) is 0 Å². The predicted octanol–water partition coefficient (Wildman–Crippen LogP) is -0.0566. The number of carbonyl (C=O) groups excluding carboxylic acids is 1. The van der Waals surface area contributed by atoms with E-state index < -0.39 is 12.2 Å². The molecule has 1 rings (SSSR count). The summed E-state index contributed by atoms with van der Waals surface area (Å²) in [5.74, 6) is -0.545. The van der Waals surface area contributed by atoms with Crippen molar-refractivity contribution in [3.63, 3.8) is 0 Å². The van der Waals surface area contributed by atoms with E-state index in [4.69, 9.17) is 27.5 Å². The quantitative estimate of drug-likeness (QED) is 0.202. The van der Waals surface area contributed by atoms with E-state index in [0.717, 1.165) is 12.2 Å². The summed E-state index contributed by atoms with van der Waals surface area (Å²) in [6.07, 6.45) is 0.129. The Hall–Kier alpha value is -1.89. The van der Waals surface area contributed by atoms with Crippen molar-refractivity contribution in [1.82, 2.24) is 5.43 Å². The number of nitrogens with two attached hydrogens (primary N) is 1. The highest BCUT2D eigenvalue weighted by Crippen LogP contribution is 2.09. The largest absolute Gasteiger partial charge is 0.382 e. The van der Waals surface area contributed by atoms with Gasteiger partial charge in [0.05, 0.1) is 0 Å². The van der Waals surface area contributed by atoms with Crippen LogP contribution in [0, 0.1) is 0 Å². The van der Waals surface area contributed by atoms with E-state index in [1.807, 2.05) is 0 Å². The van der Waals surface area contributed by atoms with Crippen LogP contribution < -0.4 is 11.2 Å². The minimum atomic E-state index is -1.69. The summed E-state index contributed by atoms with van der Waals surface area (Å²) in [6, 6.07) is 6.66. The van der Waals surface area contributed by atoms with Crippen LogP contribution in [0.1, 0.15) is 5.56 Å². The maximum atomic E-state index is 11.1. The second-order valence-electron chi connectivity index (χ2n) is 3.26. The molecule has 1 amide bonds. The van der Waals surface area contributed by atoms with Crippen LogP contribution >= 0.6 is 11.6 Å². The average molecular weight is 270 g/mol. The van der Waals surface area contributed by atoms with Gasteiger partial charge in [0.15, 0.2) is 12.1 Å². The van der Waals surface area contributed by atoms with E-state index in [1.54, 1.807) is 24.3 Å². The van der Waals surface area contributed by atoms with Gasteiger partial charge in [0.2, 0.25) is 0 Å². The molecule has 0 radical (unpaired) electrons. The first kappa shape index (κ1) is 14.2. The van der Waals surface area contributed by atoms with Gasteiger partial charge >= 0.3 is 0 Å². The molecule has 6 nitrogen and oxygen atoms in total. The van der Waals surface area contributed by atoms with E-state index in [0.29, 0.717) is 10.6 Å². The Bertz CT molecular complexity index is 486. The third-order valence-corrected chi connectivity index (χ3v) is 2.06. The van der Waals surface area contributed by atoms with Crippen LogP contribution in [0.2, 0.25) is 5.02 Å². The SMILES string of the molecule is NC(=NNC(=O)/C=C\C(O)O)c1cccc(Cl)c1. The Morgan fingerprint density at radius 1 is 1.50 bits per heavy atom. The van der Waals surface area contributed by atoms with Gasteiger partial charge in [-0.2, -0.15) is 5.10 Å². The van der Waals surface area contributed by atoms with E-state index in [2.05, 4.69) is 10.5 Å². The lowest BCUT2D eigenvalue weighted by Crippen LogP contribution is -2.22. The molecule has 0 spiro atoms. The zero-order valence-electron chi connectivity index (χ0n) is 9.25. The van der Waals surface area contributed by atoms with Crippen molar-refractivity contribution in [3.05, 3.63) is 47.0 Å². The predicted molar refractivity (Wildman–Crippen MR) is 67.7 cm³/mol. The number of aliphatic hydroxyl groups excluding tert-OH is 1. The summed E-state index contributed by atoms with van der Waals surface area (Å²) in [4.78, 5) is 11.1. The summed E-state index contributed by atoms with van der Waals surface area (Å²) in [7, 11) is 0. The molecule has 0 saturated heterocycles. The molecule has 96 valence electrons. The first-order valence-electron chi connectivity index (χ1n) is 4.92. The number of halogens is 1. The fourth-order valence-corrected chi connectivity index (χ4v) is 1.23. The summed E-state index contributed by atoms with van der Waals surface area (Å²) in [6.45, 7) is 0. The van der Waals surface area contributed by atoms with E-state index >= 15 is 0 Å². The molecule has 0 aliphatic heterocycles. The summed E-state index contributed by atoms with van der Waals surface area (Å²) >= 11 is 5.77. The van der Waals surface area contributed by atoms with Crippen LogP contribution in [0.3, 0.4) is 0 Å². The number of amidine groups is 1. The molecule has 5 N–H and O–H groups in total. The highest BCUT2D eigenvalue weighted by Gasteiger charge is 2.00. The molecular formula is C11H12ClN3O3. The van der Waals surface area contributed by atoms with Crippen LogP contribution in [0.5, 0.6) is 0 Å². The van der Waals surface area contributed by atoms with Crippen LogP contribution in [-0.2, 0) is 4.79 Å². The van der Waals surface area contributed by atoms with E-state index in [1.165, 1.54) is 0 Å². The lowest BCUT2D eigenvalue weighted by molar-refractivity contribution is -0.116. The lowest BCUT2D eigenvalue weighted by atomic mass is 10.2. The van der Waals surface area contributed by atoms with Gasteiger partial charge in [-0.1, -0.05) is 23.7 Å². The van der Waals surface area contributed by atoms with Crippen molar-refractivity contribution in [3.8, 4) is 0 Å². The van der Waals surface area contributed by atoms with Crippen molar-refractivity contribution in [2.45, 2.75) is 6.29 Å². The fourth-order valence-electron chi connectivity index (χ4n) is 1.04. The molecule has 0 aliphatic rings. The molecule has 18 heavy (non-hydrogen) atoms. The minimum Gasteiger partial charge on any atom is -0.382 e.